The molecule has 33 heavy (non-hydrogen) atoms. The number of benzene rings is 2. The molecule has 0 unspecified atom stereocenters. The molecule has 5 heteroatoms. The Kier molecular flexibility index (Phi) is 5.54. The zero-order valence-corrected chi connectivity index (χ0v) is 20.2. The van der Waals surface area contributed by atoms with Crippen molar-refractivity contribution in [2.75, 3.05) is 28.4 Å². The molecular weight excluding hydrogens is 414 g/mol. The SMILES string of the molecule is COc1ccc(C23C[C@H]4C[C@@H](CC(C(=O)N(C)Cc5ccc(OC)c(OC)c5)(C4)C2)C3)cc1. The molecule has 4 aliphatic rings. The third kappa shape index (κ3) is 3.75. The maximum absolute atomic E-state index is 14.0. The number of hydrogen-bond acceptors (Lipinski definition) is 4. The third-order valence-electron chi connectivity index (χ3n) is 8.43. The van der Waals surface area contributed by atoms with Crippen molar-refractivity contribution < 1.29 is 19.0 Å². The van der Waals surface area contributed by atoms with E-state index < -0.39 is 0 Å². The highest BCUT2D eigenvalue weighted by Crippen LogP contribution is 2.66. The normalized spacial score (nSPS) is 29.6. The van der Waals surface area contributed by atoms with Gasteiger partial charge in [0.2, 0.25) is 5.91 Å². The van der Waals surface area contributed by atoms with E-state index in [4.69, 9.17) is 14.2 Å². The first-order valence-electron chi connectivity index (χ1n) is 12.0. The van der Waals surface area contributed by atoms with E-state index in [1.54, 1.807) is 21.3 Å². The van der Waals surface area contributed by atoms with E-state index in [9.17, 15) is 4.79 Å². The van der Waals surface area contributed by atoms with E-state index in [1.807, 2.05) is 30.1 Å². The fourth-order valence-corrected chi connectivity index (χ4v) is 7.52. The molecule has 6 rings (SSSR count). The fourth-order valence-electron chi connectivity index (χ4n) is 7.52. The summed E-state index contributed by atoms with van der Waals surface area (Å²) in [5, 5.41) is 0. The zero-order valence-electron chi connectivity index (χ0n) is 20.2. The lowest BCUT2D eigenvalue weighted by Gasteiger charge is -2.62. The van der Waals surface area contributed by atoms with Crippen molar-refractivity contribution in [1.29, 1.82) is 0 Å². The van der Waals surface area contributed by atoms with Gasteiger partial charge < -0.3 is 19.1 Å². The first kappa shape index (κ1) is 22.1. The molecule has 0 aliphatic heterocycles. The van der Waals surface area contributed by atoms with Crippen LogP contribution in [0.2, 0.25) is 0 Å². The molecule has 0 radical (unpaired) electrons. The first-order valence-corrected chi connectivity index (χ1v) is 12.0. The molecule has 0 N–H and O–H groups in total. The highest BCUT2D eigenvalue weighted by atomic mass is 16.5. The van der Waals surface area contributed by atoms with Gasteiger partial charge >= 0.3 is 0 Å². The highest BCUT2D eigenvalue weighted by Gasteiger charge is 2.61. The summed E-state index contributed by atoms with van der Waals surface area (Å²) in [6, 6.07) is 14.5. The Hall–Kier alpha value is -2.69. The second kappa shape index (κ2) is 8.27. The van der Waals surface area contributed by atoms with Crippen molar-refractivity contribution in [3.05, 3.63) is 53.6 Å². The summed E-state index contributed by atoms with van der Waals surface area (Å²) in [7, 11) is 6.95. The average Bonchev–Trinajstić information content (AvgIpc) is 2.82. The maximum atomic E-state index is 14.0. The standard InChI is InChI=1S/C28H35NO4/c1-29(17-19-5-10-24(32-3)25(12-19)33-4)26(30)28-15-20-11-21(16-28)14-27(13-20,18-28)22-6-8-23(31-2)9-7-22/h5-10,12,20-21H,11,13-18H2,1-4H3/t20-,21-,27?,28?/m1/s1. The van der Waals surface area contributed by atoms with Gasteiger partial charge in [0.25, 0.3) is 0 Å². The number of carbonyl (C=O) groups is 1. The molecule has 2 atom stereocenters. The number of ether oxygens (including phenoxy) is 3. The Bertz CT molecular complexity index is 1020. The second-order valence-corrected chi connectivity index (χ2v) is 10.6. The van der Waals surface area contributed by atoms with E-state index in [1.165, 1.54) is 24.8 Å². The van der Waals surface area contributed by atoms with Crippen LogP contribution in [-0.4, -0.2) is 39.2 Å². The molecular formula is C28H35NO4. The largest absolute Gasteiger partial charge is 0.497 e. The minimum absolute atomic E-state index is 0.121. The quantitative estimate of drug-likeness (QED) is 0.582. The van der Waals surface area contributed by atoms with Crippen molar-refractivity contribution in [3.63, 3.8) is 0 Å². The number of nitrogens with zero attached hydrogens (tertiary/aromatic N) is 1. The summed E-state index contributed by atoms with van der Waals surface area (Å²) in [4.78, 5) is 15.9. The molecule has 0 aromatic heterocycles. The van der Waals surface area contributed by atoms with Crippen molar-refractivity contribution >= 4 is 5.91 Å². The van der Waals surface area contributed by atoms with E-state index >= 15 is 0 Å². The van der Waals surface area contributed by atoms with Crippen molar-refractivity contribution in [2.24, 2.45) is 17.3 Å². The van der Waals surface area contributed by atoms with Crippen molar-refractivity contribution in [2.45, 2.75) is 50.5 Å². The summed E-state index contributed by atoms with van der Waals surface area (Å²) >= 11 is 0. The van der Waals surface area contributed by atoms with Gasteiger partial charge in [0.15, 0.2) is 11.5 Å². The van der Waals surface area contributed by atoms with Crippen LogP contribution in [0, 0.1) is 17.3 Å². The van der Waals surface area contributed by atoms with Gasteiger partial charge in [-0.05, 0) is 91.2 Å². The molecule has 4 fully saturated rings. The van der Waals surface area contributed by atoms with Gasteiger partial charge in [0, 0.05) is 13.6 Å². The molecule has 2 aromatic carbocycles. The fraction of sp³-hybridized carbons (Fsp3) is 0.536. The van der Waals surface area contributed by atoms with Gasteiger partial charge in [0.05, 0.1) is 26.7 Å². The van der Waals surface area contributed by atoms with Crippen LogP contribution in [-0.2, 0) is 16.8 Å². The van der Waals surface area contributed by atoms with Crippen LogP contribution in [0.1, 0.15) is 49.7 Å². The number of hydrogen-bond donors (Lipinski definition) is 0. The minimum Gasteiger partial charge on any atom is -0.497 e. The Morgan fingerprint density at radius 1 is 0.909 bits per heavy atom. The molecule has 1 amide bonds. The molecule has 4 saturated carbocycles. The molecule has 0 spiro atoms. The monoisotopic (exact) mass is 449 g/mol. The number of rotatable bonds is 7. The van der Waals surface area contributed by atoms with Crippen molar-refractivity contribution in [1.82, 2.24) is 4.90 Å². The van der Waals surface area contributed by atoms with Crippen LogP contribution < -0.4 is 14.2 Å². The lowest BCUT2D eigenvalue weighted by Crippen LogP contribution is -2.59. The van der Waals surface area contributed by atoms with E-state index in [0.717, 1.165) is 30.6 Å². The lowest BCUT2D eigenvalue weighted by atomic mass is 9.42. The van der Waals surface area contributed by atoms with E-state index in [0.29, 0.717) is 35.8 Å². The Morgan fingerprint density at radius 3 is 2.18 bits per heavy atom. The Balaban J connectivity index is 1.39. The summed E-state index contributed by atoms with van der Waals surface area (Å²) < 4.78 is 16.2. The Labute approximate surface area is 197 Å². The van der Waals surface area contributed by atoms with Crippen molar-refractivity contribution in [3.8, 4) is 17.2 Å². The van der Waals surface area contributed by atoms with Gasteiger partial charge in [0.1, 0.15) is 5.75 Å². The van der Waals surface area contributed by atoms with Gasteiger partial charge in [-0.15, -0.1) is 0 Å². The van der Waals surface area contributed by atoms with Crippen LogP contribution in [0.5, 0.6) is 17.2 Å². The third-order valence-corrected chi connectivity index (χ3v) is 8.43. The molecule has 0 heterocycles. The minimum atomic E-state index is -0.241. The molecule has 176 valence electrons. The summed E-state index contributed by atoms with van der Waals surface area (Å²) in [5.74, 6) is 3.90. The Morgan fingerprint density at radius 2 is 1.58 bits per heavy atom. The maximum Gasteiger partial charge on any atom is 0.228 e. The average molecular weight is 450 g/mol. The molecule has 0 saturated heterocycles. The summed E-state index contributed by atoms with van der Waals surface area (Å²) in [5.41, 5.74) is 2.32. The number of carbonyl (C=O) groups excluding carboxylic acids is 1. The zero-order chi connectivity index (χ0) is 23.2. The topological polar surface area (TPSA) is 48.0 Å². The summed E-state index contributed by atoms with van der Waals surface area (Å²) in [6.07, 6.45) is 6.75. The summed E-state index contributed by atoms with van der Waals surface area (Å²) in [6.45, 7) is 0.575. The number of methoxy groups -OCH3 is 3. The van der Waals surface area contributed by atoms with E-state index in [-0.39, 0.29) is 10.8 Å². The van der Waals surface area contributed by atoms with Crippen LogP contribution in [0.4, 0.5) is 0 Å². The molecule has 4 bridgehead atoms. The van der Waals surface area contributed by atoms with Gasteiger partial charge in [-0.1, -0.05) is 18.2 Å². The van der Waals surface area contributed by atoms with Crippen LogP contribution in [0.15, 0.2) is 42.5 Å². The molecule has 5 nitrogen and oxygen atoms in total. The lowest BCUT2D eigenvalue weighted by molar-refractivity contribution is -0.159. The molecule has 2 aromatic rings. The van der Waals surface area contributed by atoms with Gasteiger partial charge in [-0.2, -0.15) is 0 Å². The van der Waals surface area contributed by atoms with Crippen LogP contribution in [0.3, 0.4) is 0 Å². The predicted octanol–water partition coefficient (Wildman–Crippen LogP) is 5.21. The first-order chi connectivity index (χ1) is 15.9. The number of amides is 1. The second-order valence-electron chi connectivity index (χ2n) is 10.6. The highest BCUT2D eigenvalue weighted by molar-refractivity contribution is 5.83. The van der Waals surface area contributed by atoms with Crippen LogP contribution in [0.25, 0.3) is 0 Å². The van der Waals surface area contributed by atoms with Crippen LogP contribution >= 0.6 is 0 Å². The van der Waals surface area contributed by atoms with Gasteiger partial charge in [-0.25, -0.2) is 0 Å². The van der Waals surface area contributed by atoms with E-state index in [2.05, 4.69) is 24.3 Å². The molecule has 4 aliphatic carbocycles. The smallest absolute Gasteiger partial charge is 0.228 e. The predicted molar refractivity (Wildman–Crippen MR) is 128 cm³/mol. The van der Waals surface area contributed by atoms with Gasteiger partial charge in [-0.3, -0.25) is 4.79 Å².